The predicted octanol–water partition coefficient (Wildman–Crippen LogP) is 4.92. The summed E-state index contributed by atoms with van der Waals surface area (Å²) in [5, 5.41) is 3.05. The topological polar surface area (TPSA) is 41.6 Å². The minimum atomic E-state index is 0.223. The smallest absolute Gasteiger partial charge is 0.220 e. The van der Waals surface area contributed by atoms with Gasteiger partial charge in [-0.15, -0.1) is 0 Å². The molecule has 1 saturated heterocycles. The van der Waals surface area contributed by atoms with Crippen molar-refractivity contribution in [3.63, 3.8) is 0 Å². The van der Waals surface area contributed by atoms with Gasteiger partial charge < -0.3 is 10.1 Å². The second-order valence-electron chi connectivity index (χ2n) is 7.80. The first kappa shape index (κ1) is 23.4. The summed E-state index contributed by atoms with van der Waals surface area (Å²) in [6.45, 7) is 7.65. The molecule has 154 valence electrons. The van der Waals surface area contributed by atoms with Gasteiger partial charge in [-0.05, 0) is 6.42 Å². The summed E-state index contributed by atoms with van der Waals surface area (Å²) in [6, 6.07) is 0. The van der Waals surface area contributed by atoms with E-state index in [1.165, 1.54) is 77.0 Å². The van der Waals surface area contributed by atoms with Gasteiger partial charge in [-0.3, -0.25) is 9.69 Å². The van der Waals surface area contributed by atoms with Crippen LogP contribution in [0.1, 0.15) is 96.8 Å². The van der Waals surface area contributed by atoms with Crippen LogP contribution in [0.5, 0.6) is 0 Å². The number of rotatable bonds is 17. The molecule has 0 unspecified atom stereocenters. The molecule has 4 heteroatoms. The van der Waals surface area contributed by atoms with Gasteiger partial charge in [-0.2, -0.15) is 0 Å². The van der Waals surface area contributed by atoms with Crippen molar-refractivity contribution in [1.29, 1.82) is 0 Å². The highest BCUT2D eigenvalue weighted by Crippen LogP contribution is 2.12. The highest BCUT2D eigenvalue weighted by atomic mass is 16.5. The molecule has 1 N–H and O–H groups in total. The molecule has 0 aliphatic carbocycles. The summed E-state index contributed by atoms with van der Waals surface area (Å²) in [7, 11) is 0. The van der Waals surface area contributed by atoms with Crippen LogP contribution < -0.4 is 5.32 Å². The molecule has 0 spiro atoms. The van der Waals surface area contributed by atoms with Gasteiger partial charge in [0.25, 0.3) is 0 Å². The average molecular weight is 369 g/mol. The molecular weight excluding hydrogens is 324 g/mol. The monoisotopic (exact) mass is 368 g/mol. The Balaban J connectivity index is 1.74. The molecular formula is C22H44N2O2. The second-order valence-corrected chi connectivity index (χ2v) is 7.80. The number of carbonyl (C=O) groups excluding carboxylic acids is 1. The Labute approximate surface area is 162 Å². The van der Waals surface area contributed by atoms with Crippen molar-refractivity contribution in [2.45, 2.75) is 96.8 Å². The number of hydrogen-bond acceptors (Lipinski definition) is 3. The zero-order valence-electron chi connectivity index (χ0n) is 17.4. The molecule has 1 amide bonds. The zero-order chi connectivity index (χ0) is 18.7. The van der Waals surface area contributed by atoms with Crippen LogP contribution in [0.2, 0.25) is 0 Å². The van der Waals surface area contributed by atoms with Crippen molar-refractivity contribution in [3.8, 4) is 0 Å². The molecule has 0 aromatic carbocycles. The number of amides is 1. The van der Waals surface area contributed by atoms with Crippen molar-refractivity contribution in [2.24, 2.45) is 0 Å². The van der Waals surface area contributed by atoms with Gasteiger partial charge in [-0.1, -0.05) is 84.0 Å². The number of nitrogens with zero attached hydrogens (tertiary/aromatic N) is 1. The summed E-state index contributed by atoms with van der Waals surface area (Å²) in [4.78, 5) is 14.2. The molecule has 26 heavy (non-hydrogen) atoms. The predicted molar refractivity (Wildman–Crippen MR) is 111 cm³/mol. The number of carbonyl (C=O) groups is 1. The average Bonchev–Trinajstić information content (AvgIpc) is 2.66. The quantitative estimate of drug-likeness (QED) is 0.371. The van der Waals surface area contributed by atoms with E-state index in [4.69, 9.17) is 4.74 Å². The third-order valence-corrected chi connectivity index (χ3v) is 5.36. The van der Waals surface area contributed by atoms with Crippen LogP contribution in [0.3, 0.4) is 0 Å². The Hall–Kier alpha value is -0.610. The molecule has 0 atom stereocenters. The highest BCUT2D eigenvalue weighted by molar-refractivity contribution is 5.75. The van der Waals surface area contributed by atoms with Crippen LogP contribution in [0.4, 0.5) is 0 Å². The molecule has 0 radical (unpaired) electrons. The normalized spacial score (nSPS) is 15.3. The molecule has 0 aromatic rings. The lowest BCUT2D eigenvalue weighted by atomic mass is 10.0. The van der Waals surface area contributed by atoms with Crippen LogP contribution in [0, 0.1) is 0 Å². The van der Waals surface area contributed by atoms with Crippen LogP contribution in [-0.2, 0) is 9.53 Å². The minimum Gasteiger partial charge on any atom is -0.379 e. The lowest BCUT2D eigenvalue weighted by molar-refractivity contribution is -0.121. The van der Waals surface area contributed by atoms with Crippen LogP contribution >= 0.6 is 0 Å². The fraction of sp³-hybridized carbons (Fsp3) is 0.955. The summed E-state index contributed by atoms with van der Waals surface area (Å²) in [5.41, 5.74) is 0. The van der Waals surface area contributed by atoms with Crippen molar-refractivity contribution in [1.82, 2.24) is 10.2 Å². The second kappa shape index (κ2) is 17.8. The standard InChI is InChI=1S/C22H44N2O2/c1-2-3-4-5-6-7-8-9-10-11-12-13-14-15-22(25)23-16-17-24-18-20-26-21-19-24/h2-21H2,1H3,(H,23,25). The maximum absolute atomic E-state index is 11.8. The SMILES string of the molecule is CCCCCCCCCCCCCCCC(=O)NCCN1CCOCC1. The molecule has 1 aliphatic rings. The van der Waals surface area contributed by atoms with Gasteiger partial charge in [-0.25, -0.2) is 0 Å². The van der Waals surface area contributed by atoms with Gasteiger partial charge in [0.15, 0.2) is 0 Å². The van der Waals surface area contributed by atoms with E-state index in [0.717, 1.165) is 45.8 Å². The van der Waals surface area contributed by atoms with E-state index in [2.05, 4.69) is 17.1 Å². The first-order valence-electron chi connectivity index (χ1n) is 11.4. The first-order valence-corrected chi connectivity index (χ1v) is 11.4. The fourth-order valence-corrected chi connectivity index (χ4v) is 3.57. The summed E-state index contributed by atoms with van der Waals surface area (Å²) < 4.78 is 5.33. The maximum Gasteiger partial charge on any atom is 0.220 e. The Bertz CT molecular complexity index is 317. The van der Waals surface area contributed by atoms with Gasteiger partial charge >= 0.3 is 0 Å². The number of ether oxygens (including phenoxy) is 1. The largest absolute Gasteiger partial charge is 0.379 e. The summed E-state index contributed by atoms with van der Waals surface area (Å²) >= 11 is 0. The molecule has 1 rings (SSSR count). The van der Waals surface area contributed by atoms with E-state index in [1.807, 2.05) is 0 Å². The van der Waals surface area contributed by atoms with Gasteiger partial charge in [0, 0.05) is 32.6 Å². The third-order valence-electron chi connectivity index (χ3n) is 5.36. The molecule has 4 nitrogen and oxygen atoms in total. The lowest BCUT2D eigenvalue weighted by Crippen LogP contribution is -2.41. The number of hydrogen-bond donors (Lipinski definition) is 1. The summed E-state index contributed by atoms with van der Waals surface area (Å²) in [5.74, 6) is 0.223. The van der Waals surface area contributed by atoms with Crippen molar-refractivity contribution in [2.75, 3.05) is 39.4 Å². The van der Waals surface area contributed by atoms with Crippen molar-refractivity contribution >= 4 is 5.91 Å². The maximum atomic E-state index is 11.8. The summed E-state index contributed by atoms with van der Waals surface area (Å²) in [6.07, 6.45) is 18.2. The number of unbranched alkanes of at least 4 members (excludes halogenated alkanes) is 12. The Morgan fingerprint density at radius 1 is 0.808 bits per heavy atom. The van der Waals surface area contributed by atoms with Gasteiger partial charge in [0.2, 0.25) is 5.91 Å². The fourth-order valence-electron chi connectivity index (χ4n) is 3.57. The van der Waals surface area contributed by atoms with E-state index in [-0.39, 0.29) is 5.91 Å². The van der Waals surface area contributed by atoms with E-state index in [9.17, 15) is 4.79 Å². The van der Waals surface area contributed by atoms with Crippen molar-refractivity contribution in [3.05, 3.63) is 0 Å². The van der Waals surface area contributed by atoms with Crippen LogP contribution in [-0.4, -0.2) is 50.2 Å². The number of morpholine rings is 1. The Kier molecular flexibility index (Phi) is 16.0. The molecule has 0 aromatic heterocycles. The highest BCUT2D eigenvalue weighted by Gasteiger charge is 2.09. The molecule has 0 saturated carbocycles. The molecule has 1 heterocycles. The Morgan fingerprint density at radius 3 is 1.85 bits per heavy atom. The zero-order valence-corrected chi connectivity index (χ0v) is 17.4. The van der Waals surface area contributed by atoms with E-state index in [0.29, 0.717) is 6.42 Å². The first-order chi connectivity index (χ1) is 12.8. The third kappa shape index (κ3) is 14.5. The Morgan fingerprint density at radius 2 is 1.31 bits per heavy atom. The van der Waals surface area contributed by atoms with E-state index >= 15 is 0 Å². The van der Waals surface area contributed by atoms with Crippen LogP contribution in [0.25, 0.3) is 0 Å². The van der Waals surface area contributed by atoms with Crippen molar-refractivity contribution < 1.29 is 9.53 Å². The minimum absolute atomic E-state index is 0.223. The van der Waals surface area contributed by atoms with Crippen LogP contribution in [0.15, 0.2) is 0 Å². The number of nitrogens with one attached hydrogen (secondary N) is 1. The molecule has 1 aliphatic heterocycles. The van der Waals surface area contributed by atoms with E-state index < -0.39 is 0 Å². The van der Waals surface area contributed by atoms with E-state index in [1.54, 1.807) is 0 Å². The molecule has 0 bridgehead atoms. The lowest BCUT2D eigenvalue weighted by Gasteiger charge is -2.26. The molecule has 1 fully saturated rings. The van der Waals surface area contributed by atoms with Gasteiger partial charge in [0.1, 0.15) is 0 Å². The van der Waals surface area contributed by atoms with Gasteiger partial charge in [0.05, 0.1) is 13.2 Å².